The number of allylic oxidation sites excluding steroid dienone is 1. The minimum Gasteiger partial charge on any atom is -0.465 e. The van der Waals surface area contributed by atoms with Crippen molar-refractivity contribution in [1.29, 1.82) is 0 Å². The van der Waals surface area contributed by atoms with Crippen LogP contribution in [0.1, 0.15) is 65.7 Å². The first kappa shape index (κ1) is 31.3. The van der Waals surface area contributed by atoms with Crippen LogP contribution in [0.5, 0.6) is 0 Å². The number of aliphatic hydroxyl groups is 1. The maximum atomic E-state index is 14.7. The number of anilines is 2. The number of ether oxygens (including phenoxy) is 2. The molecular formula is C34H47N3O6. The molecular weight excluding hydrogens is 546 g/mol. The highest BCUT2D eigenvalue weighted by Gasteiger charge is 2.74. The molecule has 0 radical (unpaired) electrons. The number of nitrogens with zero attached hydrogens (tertiary/aromatic N) is 3. The van der Waals surface area contributed by atoms with Gasteiger partial charge in [0.2, 0.25) is 5.91 Å². The lowest BCUT2D eigenvalue weighted by Gasteiger charge is -2.37. The maximum Gasteiger partial charge on any atom is 0.313 e. The molecule has 1 N–H and O–H groups in total. The molecule has 0 aliphatic carbocycles. The fourth-order valence-corrected chi connectivity index (χ4v) is 7.45. The van der Waals surface area contributed by atoms with Gasteiger partial charge in [-0.3, -0.25) is 14.4 Å². The van der Waals surface area contributed by atoms with E-state index in [1.165, 1.54) is 0 Å². The van der Waals surface area contributed by atoms with Gasteiger partial charge in [-0.25, -0.2) is 0 Å². The Labute approximate surface area is 255 Å². The number of benzene rings is 1. The number of hydrogen-bond donors (Lipinski definition) is 1. The first-order valence-electron chi connectivity index (χ1n) is 16.1. The molecule has 0 saturated carbocycles. The van der Waals surface area contributed by atoms with E-state index in [-0.39, 0.29) is 18.4 Å². The van der Waals surface area contributed by atoms with E-state index in [9.17, 15) is 19.5 Å². The SMILES string of the molecule is CCN(CC)c1ccc(N2CC=C[C@]34O[C@]5(C)/C=C\CCCCOC(=O)[C@@H]5[C@H]3C(=O)N(CCCCCCO)C4C2=O)cc1. The van der Waals surface area contributed by atoms with Crippen LogP contribution in [0.15, 0.2) is 48.6 Å². The second-order valence-electron chi connectivity index (χ2n) is 12.3. The number of carbonyl (C=O) groups is 3. The van der Waals surface area contributed by atoms with Crippen LogP contribution in [0.3, 0.4) is 0 Å². The van der Waals surface area contributed by atoms with Gasteiger partial charge in [-0.05, 0) is 77.1 Å². The number of likely N-dealkylation sites (tertiary alicyclic amines) is 1. The molecule has 4 heterocycles. The minimum atomic E-state index is -1.30. The topological polar surface area (TPSA) is 99.6 Å². The van der Waals surface area contributed by atoms with E-state index in [0.29, 0.717) is 32.5 Å². The third kappa shape index (κ3) is 5.74. The van der Waals surface area contributed by atoms with Gasteiger partial charge in [0.1, 0.15) is 17.6 Å². The van der Waals surface area contributed by atoms with Crippen LogP contribution in [-0.4, -0.2) is 84.4 Å². The van der Waals surface area contributed by atoms with Crippen LogP contribution < -0.4 is 9.80 Å². The predicted octanol–water partition coefficient (Wildman–Crippen LogP) is 4.24. The number of amides is 2. The Hall–Kier alpha value is -3.17. The van der Waals surface area contributed by atoms with Crippen LogP contribution in [-0.2, 0) is 23.9 Å². The molecule has 5 rings (SSSR count). The number of aliphatic hydroxyl groups excluding tert-OH is 1. The summed E-state index contributed by atoms with van der Waals surface area (Å²) in [5.74, 6) is -2.63. The highest BCUT2D eigenvalue weighted by atomic mass is 16.6. The molecule has 1 aromatic carbocycles. The summed E-state index contributed by atoms with van der Waals surface area (Å²) in [7, 11) is 0. The van der Waals surface area contributed by atoms with Gasteiger partial charge in [0, 0.05) is 44.2 Å². The van der Waals surface area contributed by atoms with Crippen LogP contribution in [0.2, 0.25) is 0 Å². The summed E-state index contributed by atoms with van der Waals surface area (Å²) in [6, 6.07) is 7.07. The lowest BCUT2D eigenvalue weighted by atomic mass is 9.74. The van der Waals surface area contributed by atoms with Gasteiger partial charge >= 0.3 is 5.97 Å². The molecule has 9 nitrogen and oxygen atoms in total. The first-order chi connectivity index (χ1) is 20.8. The summed E-state index contributed by atoms with van der Waals surface area (Å²) in [5, 5.41) is 9.21. The van der Waals surface area contributed by atoms with Crippen molar-refractivity contribution in [3.8, 4) is 0 Å². The van der Waals surface area contributed by atoms with Gasteiger partial charge in [0.05, 0.1) is 18.1 Å². The zero-order valence-electron chi connectivity index (χ0n) is 25.9. The molecule has 0 bridgehead atoms. The second kappa shape index (κ2) is 13.2. The lowest BCUT2D eigenvalue weighted by Crippen LogP contribution is -2.56. The Kier molecular flexibility index (Phi) is 9.61. The quantitative estimate of drug-likeness (QED) is 0.246. The third-order valence-electron chi connectivity index (χ3n) is 9.60. The Balaban J connectivity index is 1.54. The summed E-state index contributed by atoms with van der Waals surface area (Å²) < 4.78 is 12.6. The number of hydrogen-bond acceptors (Lipinski definition) is 7. The Morgan fingerprint density at radius 3 is 2.40 bits per heavy atom. The Morgan fingerprint density at radius 2 is 1.67 bits per heavy atom. The van der Waals surface area contributed by atoms with Crippen LogP contribution in [0.4, 0.5) is 11.4 Å². The highest BCUT2D eigenvalue weighted by molar-refractivity contribution is 6.05. The molecule has 234 valence electrons. The number of fused-ring (bicyclic) bond motifs is 2. The summed E-state index contributed by atoms with van der Waals surface area (Å²) in [6.07, 6.45) is 13.3. The zero-order chi connectivity index (χ0) is 30.6. The van der Waals surface area contributed by atoms with Gasteiger partial charge in [-0.15, -0.1) is 0 Å². The number of esters is 1. The Morgan fingerprint density at radius 1 is 0.930 bits per heavy atom. The molecule has 1 unspecified atom stereocenters. The highest BCUT2D eigenvalue weighted by Crippen LogP contribution is 2.57. The first-order valence-corrected chi connectivity index (χ1v) is 16.1. The van der Waals surface area contributed by atoms with E-state index in [1.807, 2.05) is 55.5 Å². The van der Waals surface area contributed by atoms with E-state index in [2.05, 4.69) is 18.7 Å². The Bertz CT molecular complexity index is 1230. The van der Waals surface area contributed by atoms with Gasteiger partial charge in [0.25, 0.3) is 5.91 Å². The van der Waals surface area contributed by atoms with E-state index in [0.717, 1.165) is 56.6 Å². The van der Waals surface area contributed by atoms with E-state index < -0.39 is 35.0 Å². The molecule has 1 spiro atoms. The average molecular weight is 594 g/mol. The average Bonchev–Trinajstić information content (AvgIpc) is 3.32. The molecule has 1 aromatic rings. The van der Waals surface area contributed by atoms with Crippen LogP contribution >= 0.6 is 0 Å². The summed E-state index contributed by atoms with van der Waals surface area (Å²) in [5.41, 5.74) is -0.551. The van der Waals surface area contributed by atoms with Crippen LogP contribution in [0, 0.1) is 11.8 Å². The second-order valence-corrected chi connectivity index (χ2v) is 12.3. The van der Waals surface area contributed by atoms with Crippen molar-refractivity contribution in [3.05, 3.63) is 48.6 Å². The third-order valence-corrected chi connectivity index (χ3v) is 9.60. The summed E-state index contributed by atoms with van der Waals surface area (Å²) in [6.45, 7) is 8.99. The van der Waals surface area contributed by atoms with Crippen molar-refractivity contribution in [2.45, 2.75) is 83.0 Å². The van der Waals surface area contributed by atoms with Crippen molar-refractivity contribution in [2.24, 2.45) is 11.8 Å². The fraction of sp³-hybridized carbons (Fsp3) is 0.618. The number of cyclic esters (lactones) is 1. The predicted molar refractivity (Wildman–Crippen MR) is 166 cm³/mol. The van der Waals surface area contributed by atoms with Crippen molar-refractivity contribution < 1.29 is 29.0 Å². The molecule has 43 heavy (non-hydrogen) atoms. The van der Waals surface area contributed by atoms with Gasteiger partial charge in [-0.2, -0.15) is 0 Å². The smallest absolute Gasteiger partial charge is 0.313 e. The molecule has 9 heteroatoms. The summed E-state index contributed by atoms with van der Waals surface area (Å²) in [4.78, 5) is 48.4. The van der Waals surface area contributed by atoms with Gasteiger partial charge in [0.15, 0.2) is 0 Å². The standard InChI is InChI=1S/C34H47N3O6/c1-4-35(5-2)25-15-17-26(18-16-25)36-22-14-20-34-27(28-32(41)42-24-13-9-6-10-19-33(28,3)43-34)30(39)37(29(34)31(36)40)21-11-7-8-12-23-38/h10,14-20,27-29,38H,4-9,11-13,21-24H2,1-3H3/b19-10-/t27-,28-,29?,33+,34-/m0/s1. The molecule has 2 fully saturated rings. The monoisotopic (exact) mass is 593 g/mol. The fourth-order valence-electron chi connectivity index (χ4n) is 7.45. The molecule has 4 aliphatic rings. The van der Waals surface area contributed by atoms with E-state index >= 15 is 0 Å². The minimum absolute atomic E-state index is 0.130. The van der Waals surface area contributed by atoms with Crippen molar-refractivity contribution >= 4 is 29.2 Å². The lowest BCUT2D eigenvalue weighted by molar-refractivity contribution is -0.158. The van der Waals surface area contributed by atoms with Gasteiger partial charge < -0.3 is 29.3 Å². The molecule has 2 saturated heterocycles. The normalized spacial score (nSPS) is 31.3. The number of rotatable bonds is 10. The van der Waals surface area contributed by atoms with Crippen molar-refractivity contribution in [1.82, 2.24) is 4.90 Å². The van der Waals surface area contributed by atoms with E-state index in [1.54, 1.807) is 9.80 Å². The number of carbonyl (C=O) groups excluding carboxylic acids is 3. The van der Waals surface area contributed by atoms with Crippen LogP contribution in [0.25, 0.3) is 0 Å². The summed E-state index contributed by atoms with van der Waals surface area (Å²) >= 11 is 0. The van der Waals surface area contributed by atoms with Crippen molar-refractivity contribution in [2.75, 3.05) is 49.2 Å². The molecule has 0 aromatic heterocycles. The van der Waals surface area contributed by atoms with Crippen molar-refractivity contribution in [3.63, 3.8) is 0 Å². The maximum absolute atomic E-state index is 14.7. The molecule has 4 aliphatic heterocycles. The van der Waals surface area contributed by atoms with Gasteiger partial charge in [-0.1, -0.05) is 37.1 Å². The largest absolute Gasteiger partial charge is 0.465 e. The zero-order valence-corrected chi connectivity index (χ0v) is 25.9. The number of unbranched alkanes of at least 4 members (excludes halogenated alkanes) is 3. The molecule has 5 atom stereocenters. The molecule has 2 amide bonds. The van der Waals surface area contributed by atoms with E-state index in [4.69, 9.17) is 9.47 Å².